The Bertz CT molecular complexity index is 503. The van der Waals surface area contributed by atoms with Gasteiger partial charge in [0.2, 0.25) is 0 Å². The van der Waals surface area contributed by atoms with Crippen molar-refractivity contribution in [1.29, 1.82) is 0 Å². The van der Waals surface area contributed by atoms with Gasteiger partial charge in [-0.1, -0.05) is 6.92 Å². The van der Waals surface area contributed by atoms with Crippen LogP contribution in [0.15, 0.2) is 24.5 Å². The standard InChI is InChI=1S/C13H16N4/c1-2-17-8-5-12-11(9-17)13(16-15-12)10-3-6-14-7-4-10/h3-4,6-7H,2,5,8-9H2,1H3,(H,15,16). The molecule has 0 saturated carbocycles. The first-order chi connectivity index (χ1) is 8.38. The van der Waals surface area contributed by atoms with Gasteiger partial charge >= 0.3 is 0 Å². The number of aromatic amines is 1. The van der Waals surface area contributed by atoms with Gasteiger partial charge in [-0.2, -0.15) is 5.10 Å². The van der Waals surface area contributed by atoms with Gasteiger partial charge in [0.1, 0.15) is 0 Å². The van der Waals surface area contributed by atoms with Gasteiger partial charge in [0.25, 0.3) is 0 Å². The molecule has 4 heteroatoms. The fourth-order valence-corrected chi connectivity index (χ4v) is 2.37. The van der Waals surface area contributed by atoms with Crippen LogP contribution in [0.2, 0.25) is 0 Å². The fourth-order valence-electron chi connectivity index (χ4n) is 2.37. The average molecular weight is 228 g/mol. The minimum Gasteiger partial charge on any atom is -0.299 e. The van der Waals surface area contributed by atoms with Crippen molar-refractivity contribution < 1.29 is 0 Å². The molecule has 0 amide bonds. The topological polar surface area (TPSA) is 44.8 Å². The second kappa shape index (κ2) is 4.30. The van der Waals surface area contributed by atoms with E-state index in [4.69, 9.17) is 0 Å². The highest BCUT2D eigenvalue weighted by molar-refractivity contribution is 5.63. The average Bonchev–Trinajstić information content (AvgIpc) is 2.82. The lowest BCUT2D eigenvalue weighted by atomic mass is 10.0. The van der Waals surface area contributed by atoms with Crippen molar-refractivity contribution in [3.05, 3.63) is 35.8 Å². The molecular weight excluding hydrogens is 212 g/mol. The molecule has 0 aliphatic carbocycles. The fraction of sp³-hybridized carbons (Fsp3) is 0.385. The van der Waals surface area contributed by atoms with E-state index >= 15 is 0 Å². The Labute approximate surface area is 101 Å². The van der Waals surface area contributed by atoms with Gasteiger partial charge in [-0.15, -0.1) is 0 Å². The Morgan fingerprint density at radius 3 is 2.94 bits per heavy atom. The minimum atomic E-state index is 1.000. The first-order valence-electron chi connectivity index (χ1n) is 6.07. The summed E-state index contributed by atoms with van der Waals surface area (Å²) < 4.78 is 0. The van der Waals surface area contributed by atoms with E-state index in [9.17, 15) is 0 Å². The molecule has 0 saturated heterocycles. The summed E-state index contributed by atoms with van der Waals surface area (Å²) in [6.45, 7) is 5.43. The van der Waals surface area contributed by atoms with E-state index in [0.29, 0.717) is 0 Å². The highest BCUT2D eigenvalue weighted by Gasteiger charge is 2.21. The third-order valence-electron chi connectivity index (χ3n) is 3.41. The predicted molar refractivity (Wildman–Crippen MR) is 66.5 cm³/mol. The van der Waals surface area contributed by atoms with E-state index in [1.54, 1.807) is 0 Å². The van der Waals surface area contributed by atoms with Crippen molar-refractivity contribution in [3.63, 3.8) is 0 Å². The van der Waals surface area contributed by atoms with Crippen molar-refractivity contribution in [2.24, 2.45) is 0 Å². The zero-order valence-corrected chi connectivity index (χ0v) is 9.98. The molecule has 1 N–H and O–H groups in total. The van der Waals surface area contributed by atoms with Crippen LogP contribution >= 0.6 is 0 Å². The zero-order valence-electron chi connectivity index (χ0n) is 9.98. The number of H-pyrrole nitrogens is 1. The molecule has 1 aliphatic heterocycles. The molecule has 3 rings (SSSR count). The second-order valence-corrected chi connectivity index (χ2v) is 4.38. The Balaban J connectivity index is 2.00. The maximum absolute atomic E-state index is 4.46. The number of nitrogens with one attached hydrogen (secondary N) is 1. The van der Waals surface area contributed by atoms with E-state index in [2.05, 4.69) is 27.0 Å². The number of rotatable bonds is 2. The summed E-state index contributed by atoms with van der Waals surface area (Å²) in [5.41, 5.74) is 4.88. The normalized spacial score (nSPS) is 15.8. The smallest absolute Gasteiger partial charge is 0.0969 e. The summed E-state index contributed by atoms with van der Waals surface area (Å²) in [4.78, 5) is 6.50. The lowest BCUT2D eigenvalue weighted by Gasteiger charge is -2.25. The Hall–Kier alpha value is -1.68. The zero-order chi connectivity index (χ0) is 11.7. The lowest BCUT2D eigenvalue weighted by Crippen LogP contribution is -2.30. The van der Waals surface area contributed by atoms with E-state index in [-0.39, 0.29) is 0 Å². The van der Waals surface area contributed by atoms with Gasteiger partial charge in [0.05, 0.1) is 5.69 Å². The number of hydrogen-bond donors (Lipinski definition) is 1. The molecule has 3 heterocycles. The number of nitrogens with zero attached hydrogens (tertiary/aromatic N) is 3. The molecule has 0 atom stereocenters. The van der Waals surface area contributed by atoms with Crippen LogP contribution in [0.4, 0.5) is 0 Å². The first kappa shape index (κ1) is 10.5. The van der Waals surface area contributed by atoms with Crippen molar-refractivity contribution in [3.8, 4) is 11.3 Å². The van der Waals surface area contributed by atoms with Crippen LogP contribution in [0.1, 0.15) is 18.2 Å². The van der Waals surface area contributed by atoms with Gasteiger partial charge in [0.15, 0.2) is 0 Å². The maximum Gasteiger partial charge on any atom is 0.0969 e. The van der Waals surface area contributed by atoms with Crippen LogP contribution in [0, 0.1) is 0 Å². The number of likely N-dealkylation sites (N-methyl/N-ethyl adjacent to an activating group) is 1. The molecule has 0 fully saturated rings. The molecular formula is C13H16N4. The van der Waals surface area contributed by atoms with Crippen LogP contribution in [0.5, 0.6) is 0 Å². The first-order valence-corrected chi connectivity index (χ1v) is 6.07. The molecule has 88 valence electrons. The Morgan fingerprint density at radius 1 is 1.35 bits per heavy atom. The molecule has 2 aromatic rings. The van der Waals surface area contributed by atoms with Crippen LogP contribution in [-0.4, -0.2) is 33.2 Å². The van der Waals surface area contributed by atoms with Gasteiger partial charge in [-0.25, -0.2) is 0 Å². The van der Waals surface area contributed by atoms with Gasteiger partial charge in [-0.3, -0.25) is 15.0 Å². The van der Waals surface area contributed by atoms with Gasteiger partial charge in [-0.05, 0) is 18.7 Å². The summed E-state index contributed by atoms with van der Waals surface area (Å²) in [6, 6.07) is 4.03. The summed E-state index contributed by atoms with van der Waals surface area (Å²) in [7, 11) is 0. The van der Waals surface area contributed by atoms with Crippen LogP contribution in [0.25, 0.3) is 11.3 Å². The highest BCUT2D eigenvalue weighted by Crippen LogP contribution is 2.27. The van der Waals surface area contributed by atoms with Crippen molar-refractivity contribution >= 4 is 0 Å². The number of aromatic nitrogens is 3. The predicted octanol–water partition coefficient (Wildman–Crippen LogP) is 1.85. The molecule has 2 aromatic heterocycles. The third kappa shape index (κ3) is 1.85. The minimum absolute atomic E-state index is 1.000. The maximum atomic E-state index is 4.46. The van der Waals surface area contributed by atoms with Crippen molar-refractivity contribution in [2.45, 2.75) is 19.9 Å². The molecule has 4 nitrogen and oxygen atoms in total. The molecule has 1 aliphatic rings. The highest BCUT2D eigenvalue weighted by atomic mass is 15.2. The van der Waals surface area contributed by atoms with Crippen molar-refractivity contribution in [2.75, 3.05) is 13.1 Å². The molecule has 17 heavy (non-hydrogen) atoms. The molecule has 0 radical (unpaired) electrons. The molecule has 0 aromatic carbocycles. The Kier molecular flexibility index (Phi) is 2.65. The SMILES string of the molecule is CCN1CCc2[nH]nc(-c3ccncc3)c2C1. The largest absolute Gasteiger partial charge is 0.299 e. The summed E-state index contributed by atoms with van der Waals surface area (Å²) >= 11 is 0. The summed E-state index contributed by atoms with van der Waals surface area (Å²) in [6.07, 6.45) is 4.70. The molecule has 0 unspecified atom stereocenters. The van der Waals surface area contributed by atoms with Gasteiger partial charge < -0.3 is 0 Å². The van der Waals surface area contributed by atoms with Crippen LogP contribution in [0.3, 0.4) is 0 Å². The lowest BCUT2D eigenvalue weighted by molar-refractivity contribution is 0.267. The quantitative estimate of drug-likeness (QED) is 0.853. The second-order valence-electron chi connectivity index (χ2n) is 4.38. The molecule has 0 spiro atoms. The summed E-state index contributed by atoms with van der Waals surface area (Å²) in [5, 5.41) is 7.63. The number of pyridine rings is 1. The Morgan fingerprint density at radius 2 is 2.18 bits per heavy atom. The number of hydrogen-bond acceptors (Lipinski definition) is 3. The summed E-state index contributed by atoms with van der Waals surface area (Å²) in [5.74, 6) is 0. The van der Waals surface area contributed by atoms with E-state index in [1.165, 1.54) is 11.3 Å². The monoisotopic (exact) mass is 228 g/mol. The van der Waals surface area contributed by atoms with Crippen molar-refractivity contribution in [1.82, 2.24) is 20.1 Å². The van der Waals surface area contributed by atoms with E-state index in [1.807, 2.05) is 24.5 Å². The third-order valence-corrected chi connectivity index (χ3v) is 3.41. The van der Waals surface area contributed by atoms with E-state index < -0.39 is 0 Å². The molecule has 0 bridgehead atoms. The van der Waals surface area contributed by atoms with E-state index in [0.717, 1.165) is 37.3 Å². The van der Waals surface area contributed by atoms with Crippen LogP contribution < -0.4 is 0 Å². The number of fused-ring (bicyclic) bond motifs is 1. The van der Waals surface area contributed by atoms with Crippen LogP contribution in [-0.2, 0) is 13.0 Å². The van der Waals surface area contributed by atoms with Gasteiger partial charge in [0, 0.05) is 48.7 Å².